The van der Waals surface area contributed by atoms with Gasteiger partial charge in [-0.05, 0) is 42.7 Å². The van der Waals surface area contributed by atoms with Gasteiger partial charge in [-0.15, -0.1) is 0 Å². The Morgan fingerprint density at radius 1 is 1.14 bits per heavy atom. The van der Waals surface area contributed by atoms with Crippen LogP contribution in [0.2, 0.25) is 0 Å². The van der Waals surface area contributed by atoms with Crippen LogP contribution in [-0.2, 0) is 12.7 Å². The summed E-state index contributed by atoms with van der Waals surface area (Å²) in [6, 6.07) is 2.02. The Kier molecular flexibility index (Phi) is 7.64. The highest BCUT2D eigenvalue weighted by atomic mass is 19.4. The molecule has 3 heterocycles. The molecule has 9 nitrogen and oxygen atoms in total. The van der Waals surface area contributed by atoms with Gasteiger partial charge in [0.05, 0.1) is 28.4 Å². The van der Waals surface area contributed by atoms with Crippen molar-refractivity contribution in [3.63, 3.8) is 0 Å². The molecule has 1 aromatic carbocycles. The first-order valence-electron chi connectivity index (χ1n) is 12.7. The molecule has 1 fully saturated rings. The molecule has 0 amide bonds. The molecule has 1 aliphatic rings. The van der Waals surface area contributed by atoms with Gasteiger partial charge in [-0.25, -0.2) is 32.6 Å². The molecule has 2 atom stereocenters. The molecular weight excluding hydrogens is 575 g/mol. The maximum Gasteiger partial charge on any atom is 0.423 e. The molecule has 222 valence electrons. The minimum Gasteiger partial charge on any atom is -0.383 e. The Hall–Kier alpha value is -4.50. The lowest BCUT2D eigenvalue weighted by atomic mass is 9.85. The molecule has 1 saturated carbocycles. The number of nitrogens with one attached hydrogen (secondary N) is 2. The van der Waals surface area contributed by atoms with Crippen molar-refractivity contribution in [2.24, 2.45) is 5.92 Å². The van der Waals surface area contributed by atoms with E-state index in [1.807, 2.05) is 0 Å². The summed E-state index contributed by atoms with van der Waals surface area (Å²) in [5.41, 5.74) is 0.308. The van der Waals surface area contributed by atoms with Crippen molar-refractivity contribution < 1.29 is 30.7 Å². The first-order valence-corrected chi connectivity index (χ1v) is 12.7. The van der Waals surface area contributed by atoms with Gasteiger partial charge in [0.1, 0.15) is 11.4 Å². The molecular formula is C26H22F7N7O2. The van der Waals surface area contributed by atoms with Crippen molar-refractivity contribution in [1.29, 1.82) is 0 Å². The van der Waals surface area contributed by atoms with Crippen LogP contribution in [0.1, 0.15) is 43.2 Å². The number of fused-ring (bicyclic) bond motifs is 1. The highest BCUT2D eigenvalue weighted by Gasteiger charge is 2.38. The third-order valence-corrected chi connectivity index (χ3v) is 7.21. The largest absolute Gasteiger partial charge is 0.423 e. The van der Waals surface area contributed by atoms with E-state index in [0.29, 0.717) is 31.9 Å². The van der Waals surface area contributed by atoms with Gasteiger partial charge in [0.25, 0.3) is 17.5 Å². The van der Waals surface area contributed by atoms with Crippen LogP contribution >= 0.6 is 0 Å². The zero-order valence-corrected chi connectivity index (χ0v) is 21.5. The monoisotopic (exact) mass is 597 g/mol. The highest BCUT2D eigenvalue weighted by Crippen LogP contribution is 2.35. The molecule has 4 N–H and O–H groups in total. The number of nitrogen functional groups attached to an aromatic ring is 1. The van der Waals surface area contributed by atoms with E-state index < -0.39 is 80.8 Å². The maximum absolute atomic E-state index is 15.2. The van der Waals surface area contributed by atoms with E-state index in [-0.39, 0.29) is 17.8 Å². The van der Waals surface area contributed by atoms with E-state index in [4.69, 9.17) is 5.73 Å². The van der Waals surface area contributed by atoms with Crippen LogP contribution in [0.5, 0.6) is 0 Å². The van der Waals surface area contributed by atoms with Crippen LogP contribution in [0.4, 0.5) is 42.2 Å². The number of alkyl halides is 5. The minimum atomic E-state index is -4.90. The summed E-state index contributed by atoms with van der Waals surface area (Å²) >= 11 is 0. The number of pyridine rings is 1. The zero-order valence-electron chi connectivity index (χ0n) is 21.5. The Bertz CT molecular complexity index is 1770. The predicted octanol–water partition coefficient (Wildman–Crippen LogP) is 5.03. The number of nitrogens with two attached hydrogens (primary N) is 1. The topological polar surface area (TPSA) is 132 Å². The minimum absolute atomic E-state index is 0.00919. The van der Waals surface area contributed by atoms with Gasteiger partial charge in [-0.1, -0.05) is 6.42 Å². The van der Waals surface area contributed by atoms with Crippen molar-refractivity contribution in [2.45, 2.75) is 50.9 Å². The Labute approximate surface area is 231 Å². The second-order valence-corrected chi connectivity index (χ2v) is 9.98. The summed E-state index contributed by atoms with van der Waals surface area (Å²) in [6.07, 6.45) is -2.85. The number of aromatic nitrogens is 5. The van der Waals surface area contributed by atoms with Gasteiger partial charge in [0.15, 0.2) is 17.5 Å². The first kappa shape index (κ1) is 29.0. The third kappa shape index (κ3) is 5.52. The summed E-state index contributed by atoms with van der Waals surface area (Å²) in [6.45, 7) is 0.0737. The molecule has 1 aliphatic carbocycles. The number of nitrogens with zero attached hydrogens (tertiary/aromatic N) is 4. The molecule has 5 rings (SSSR count). The number of halogens is 7. The fourth-order valence-corrected chi connectivity index (χ4v) is 5.26. The lowest BCUT2D eigenvalue weighted by Crippen LogP contribution is -2.33. The fourth-order valence-electron chi connectivity index (χ4n) is 5.26. The summed E-state index contributed by atoms with van der Waals surface area (Å²) in [7, 11) is 0. The third-order valence-electron chi connectivity index (χ3n) is 7.21. The molecule has 42 heavy (non-hydrogen) atoms. The van der Waals surface area contributed by atoms with Crippen LogP contribution in [0.25, 0.3) is 22.2 Å². The highest BCUT2D eigenvalue weighted by molar-refractivity contribution is 5.86. The lowest BCUT2D eigenvalue weighted by Gasteiger charge is -2.31. The smallest absolute Gasteiger partial charge is 0.383 e. The van der Waals surface area contributed by atoms with Gasteiger partial charge in [0, 0.05) is 25.0 Å². The summed E-state index contributed by atoms with van der Waals surface area (Å²) in [5, 5.41) is 7.43. The number of rotatable bonds is 6. The van der Waals surface area contributed by atoms with E-state index in [1.54, 1.807) is 5.10 Å². The van der Waals surface area contributed by atoms with Crippen LogP contribution < -0.4 is 22.2 Å². The van der Waals surface area contributed by atoms with Gasteiger partial charge in [-0.3, -0.25) is 9.59 Å². The Morgan fingerprint density at radius 2 is 1.90 bits per heavy atom. The molecule has 0 spiro atoms. The van der Waals surface area contributed by atoms with E-state index >= 15 is 8.78 Å². The average molecular weight is 597 g/mol. The molecule has 3 aromatic heterocycles. The van der Waals surface area contributed by atoms with E-state index in [2.05, 4.69) is 20.4 Å². The Morgan fingerprint density at radius 3 is 2.60 bits per heavy atom. The van der Waals surface area contributed by atoms with Crippen molar-refractivity contribution in [3.8, 4) is 11.4 Å². The second kappa shape index (κ2) is 11.1. The number of H-pyrrole nitrogens is 1. The van der Waals surface area contributed by atoms with Crippen molar-refractivity contribution in [2.75, 3.05) is 11.1 Å². The molecule has 16 heteroatoms. The molecule has 4 aromatic rings. The molecule has 0 aliphatic heterocycles. The van der Waals surface area contributed by atoms with Crippen molar-refractivity contribution in [3.05, 3.63) is 74.2 Å². The van der Waals surface area contributed by atoms with Crippen LogP contribution in [-0.4, -0.2) is 30.8 Å². The Balaban J connectivity index is 1.40. The predicted molar refractivity (Wildman–Crippen MR) is 138 cm³/mol. The lowest BCUT2D eigenvalue weighted by molar-refractivity contribution is -0.138. The van der Waals surface area contributed by atoms with Gasteiger partial charge >= 0.3 is 6.18 Å². The standard InChI is InChI=1S/C26H22F7N7O2/c27-19-14(23-35-8-15(21(29)30)22(34)38-23)7-12-4-5-40(25(42)17(12)20(19)28)10-11-2-1-3-13(6-11)37-16-9-36-39-24(41)18(16)26(31,32)33/h4-5,7-9,11,13,21H,1-3,6,10H2,(H2,34,35,38)(H2,37,39,41)/t11-,13+/m1/s1. The number of benzene rings is 1. The fraction of sp³-hybridized carbons (Fsp3) is 0.346. The number of aromatic amines is 1. The molecule has 0 unspecified atom stereocenters. The number of anilines is 2. The van der Waals surface area contributed by atoms with Crippen LogP contribution in [0, 0.1) is 17.6 Å². The van der Waals surface area contributed by atoms with E-state index in [1.165, 1.54) is 16.8 Å². The summed E-state index contributed by atoms with van der Waals surface area (Å²) in [5.74, 6) is -4.20. The quantitative estimate of drug-likeness (QED) is 0.266. The van der Waals surface area contributed by atoms with Crippen molar-refractivity contribution >= 4 is 22.3 Å². The van der Waals surface area contributed by atoms with Crippen LogP contribution in [0.3, 0.4) is 0 Å². The van der Waals surface area contributed by atoms with Gasteiger partial charge < -0.3 is 15.6 Å². The molecule has 0 radical (unpaired) electrons. The number of hydrogen-bond donors (Lipinski definition) is 3. The second-order valence-electron chi connectivity index (χ2n) is 9.98. The zero-order chi connectivity index (χ0) is 30.3. The first-order chi connectivity index (χ1) is 19.8. The van der Waals surface area contributed by atoms with E-state index in [9.17, 15) is 31.5 Å². The summed E-state index contributed by atoms with van der Waals surface area (Å²) in [4.78, 5) is 32.3. The normalized spacial score (nSPS) is 17.6. The molecule has 0 bridgehead atoms. The van der Waals surface area contributed by atoms with Gasteiger partial charge in [-0.2, -0.15) is 18.3 Å². The number of hydrogen-bond acceptors (Lipinski definition) is 7. The average Bonchev–Trinajstić information content (AvgIpc) is 2.91. The van der Waals surface area contributed by atoms with Gasteiger partial charge in [0.2, 0.25) is 0 Å². The SMILES string of the molecule is Nc1nc(-c2cc3ccn(C[C@@H]4CCC[C@H](Nc5cn[nH]c(=O)c5C(F)(F)F)C4)c(=O)c3c(F)c2F)ncc1C(F)F. The van der Waals surface area contributed by atoms with Crippen LogP contribution in [0.15, 0.2) is 40.3 Å². The van der Waals surface area contributed by atoms with E-state index in [0.717, 1.165) is 12.3 Å². The van der Waals surface area contributed by atoms with Crippen molar-refractivity contribution in [1.82, 2.24) is 24.7 Å². The molecule has 0 saturated heterocycles. The summed E-state index contributed by atoms with van der Waals surface area (Å²) < 4.78 is 97.7. The maximum atomic E-state index is 15.2.